The summed E-state index contributed by atoms with van der Waals surface area (Å²) in [6.45, 7) is 2.97. The quantitative estimate of drug-likeness (QED) is 0.911. The fourth-order valence-electron chi connectivity index (χ4n) is 2.96. The van der Waals surface area contributed by atoms with Gasteiger partial charge in [-0.2, -0.15) is 0 Å². The van der Waals surface area contributed by atoms with Crippen molar-refractivity contribution >= 4 is 5.82 Å². The summed E-state index contributed by atoms with van der Waals surface area (Å²) in [6, 6.07) is 8.09. The molecule has 0 spiro atoms. The van der Waals surface area contributed by atoms with Gasteiger partial charge in [0.05, 0.1) is 6.42 Å². The third kappa shape index (κ3) is 3.57. The minimum absolute atomic E-state index is 0.605. The molecule has 1 aliphatic carbocycles. The highest BCUT2D eigenvalue weighted by atomic mass is 15.0. The Hall–Kier alpha value is -1.97. The van der Waals surface area contributed by atoms with Crippen LogP contribution in [0.3, 0.4) is 0 Å². The Morgan fingerprint density at radius 1 is 1.19 bits per heavy atom. The van der Waals surface area contributed by atoms with Crippen LogP contribution >= 0.6 is 0 Å². The van der Waals surface area contributed by atoms with Gasteiger partial charge in [0.2, 0.25) is 0 Å². The minimum Gasteiger partial charge on any atom is -0.370 e. The molecule has 1 N–H and O–H groups in total. The summed E-state index contributed by atoms with van der Waals surface area (Å²) in [7, 11) is 0. The van der Waals surface area contributed by atoms with E-state index in [0.29, 0.717) is 12.3 Å². The van der Waals surface area contributed by atoms with Gasteiger partial charge in [0.1, 0.15) is 11.6 Å². The number of anilines is 1. The predicted molar refractivity (Wildman–Crippen MR) is 84.4 cm³/mol. The van der Waals surface area contributed by atoms with E-state index in [1.807, 2.05) is 24.4 Å². The standard InChI is InChI=1S/C17H22N4/c1-2-18-16-12-15(13-7-3-4-8-13)20-17(21-16)11-14-9-5-6-10-19-14/h5-6,9-10,12-13H,2-4,7-8,11H2,1H3,(H,18,20,21). The van der Waals surface area contributed by atoms with Crippen molar-refractivity contribution in [2.24, 2.45) is 0 Å². The Kier molecular flexibility index (Phi) is 4.43. The maximum Gasteiger partial charge on any atom is 0.136 e. The van der Waals surface area contributed by atoms with E-state index in [1.165, 1.54) is 31.4 Å². The monoisotopic (exact) mass is 282 g/mol. The van der Waals surface area contributed by atoms with Crippen LogP contribution in [0, 0.1) is 0 Å². The van der Waals surface area contributed by atoms with Gasteiger partial charge in [0.25, 0.3) is 0 Å². The summed E-state index contributed by atoms with van der Waals surface area (Å²) >= 11 is 0. The molecule has 0 amide bonds. The number of hydrogen-bond donors (Lipinski definition) is 1. The van der Waals surface area contributed by atoms with E-state index in [9.17, 15) is 0 Å². The molecule has 0 aromatic carbocycles. The fraction of sp³-hybridized carbons (Fsp3) is 0.471. The highest BCUT2D eigenvalue weighted by Crippen LogP contribution is 2.33. The van der Waals surface area contributed by atoms with Crippen molar-refractivity contribution in [2.45, 2.75) is 44.9 Å². The molecule has 4 nitrogen and oxygen atoms in total. The highest BCUT2D eigenvalue weighted by Gasteiger charge is 2.20. The zero-order valence-electron chi connectivity index (χ0n) is 12.5. The molecule has 0 atom stereocenters. The van der Waals surface area contributed by atoms with Crippen LogP contribution in [-0.4, -0.2) is 21.5 Å². The molecule has 0 saturated heterocycles. The van der Waals surface area contributed by atoms with Gasteiger partial charge in [-0.1, -0.05) is 18.9 Å². The lowest BCUT2D eigenvalue weighted by Crippen LogP contribution is -2.08. The Morgan fingerprint density at radius 2 is 2.05 bits per heavy atom. The summed E-state index contributed by atoms with van der Waals surface area (Å²) in [5.41, 5.74) is 2.22. The second kappa shape index (κ2) is 6.66. The van der Waals surface area contributed by atoms with E-state index < -0.39 is 0 Å². The molecule has 0 radical (unpaired) electrons. The Labute approximate surface area is 126 Å². The maximum atomic E-state index is 4.80. The summed E-state index contributed by atoms with van der Waals surface area (Å²) in [5.74, 6) is 2.42. The third-order valence-corrected chi connectivity index (χ3v) is 3.99. The van der Waals surface area contributed by atoms with Crippen LogP contribution in [0.5, 0.6) is 0 Å². The van der Waals surface area contributed by atoms with E-state index in [0.717, 1.165) is 23.9 Å². The van der Waals surface area contributed by atoms with Crippen molar-refractivity contribution in [2.75, 3.05) is 11.9 Å². The van der Waals surface area contributed by atoms with Gasteiger partial charge >= 0.3 is 0 Å². The van der Waals surface area contributed by atoms with Crippen molar-refractivity contribution in [3.05, 3.63) is 47.7 Å². The largest absolute Gasteiger partial charge is 0.370 e. The predicted octanol–water partition coefficient (Wildman–Crippen LogP) is 3.55. The second-order valence-electron chi connectivity index (χ2n) is 5.60. The molecule has 0 bridgehead atoms. The normalized spacial score (nSPS) is 15.3. The van der Waals surface area contributed by atoms with E-state index >= 15 is 0 Å². The first kappa shape index (κ1) is 14.0. The minimum atomic E-state index is 0.605. The molecule has 2 aromatic rings. The fourth-order valence-corrected chi connectivity index (χ4v) is 2.96. The van der Waals surface area contributed by atoms with E-state index in [4.69, 9.17) is 4.98 Å². The van der Waals surface area contributed by atoms with Crippen LogP contribution in [0.25, 0.3) is 0 Å². The third-order valence-electron chi connectivity index (χ3n) is 3.99. The van der Waals surface area contributed by atoms with Crippen LogP contribution in [0.4, 0.5) is 5.82 Å². The average molecular weight is 282 g/mol. The Balaban J connectivity index is 1.87. The zero-order valence-corrected chi connectivity index (χ0v) is 12.5. The lowest BCUT2D eigenvalue weighted by atomic mass is 10.0. The van der Waals surface area contributed by atoms with Crippen molar-refractivity contribution in [3.63, 3.8) is 0 Å². The number of pyridine rings is 1. The molecular formula is C17H22N4. The molecule has 2 heterocycles. The van der Waals surface area contributed by atoms with Gasteiger partial charge in [0, 0.05) is 36.1 Å². The maximum absolute atomic E-state index is 4.80. The number of aromatic nitrogens is 3. The topological polar surface area (TPSA) is 50.7 Å². The SMILES string of the molecule is CCNc1cc(C2CCCC2)nc(Cc2ccccn2)n1. The molecule has 0 unspecified atom stereocenters. The van der Waals surface area contributed by atoms with Crippen molar-refractivity contribution in [3.8, 4) is 0 Å². The molecule has 21 heavy (non-hydrogen) atoms. The lowest BCUT2D eigenvalue weighted by Gasteiger charge is -2.13. The summed E-state index contributed by atoms with van der Waals surface area (Å²) < 4.78 is 0. The number of nitrogens with one attached hydrogen (secondary N) is 1. The second-order valence-corrected chi connectivity index (χ2v) is 5.60. The molecule has 2 aromatic heterocycles. The molecule has 0 aliphatic heterocycles. The molecular weight excluding hydrogens is 260 g/mol. The first-order chi connectivity index (χ1) is 10.3. The van der Waals surface area contributed by atoms with Crippen LogP contribution < -0.4 is 5.32 Å². The smallest absolute Gasteiger partial charge is 0.136 e. The first-order valence-corrected chi connectivity index (χ1v) is 7.87. The van der Waals surface area contributed by atoms with E-state index in [-0.39, 0.29) is 0 Å². The Morgan fingerprint density at radius 3 is 2.76 bits per heavy atom. The Bertz CT molecular complexity index is 577. The zero-order chi connectivity index (χ0) is 14.5. The summed E-state index contributed by atoms with van der Waals surface area (Å²) in [4.78, 5) is 13.8. The number of nitrogens with zero attached hydrogens (tertiary/aromatic N) is 3. The number of hydrogen-bond acceptors (Lipinski definition) is 4. The van der Waals surface area contributed by atoms with E-state index in [2.05, 4.69) is 28.3 Å². The lowest BCUT2D eigenvalue weighted by molar-refractivity contribution is 0.685. The van der Waals surface area contributed by atoms with Crippen molar-refractivity contribution in [1.29, 1.82) is 0 Å². The molecule has 1 fully saturated rings. The van der Waals surface area contributed by atoms with Gasteiger partial charge in [-0.15, -0.1) is 0 Å². The van der Waals surface area contributed by atoms with Gasteiger partial charge in [-0.05, 0) is 31.9 Å². The van der Waals surface area contributed by atoms with Crippen LogP contribution in [-0.2, 0) is 6.42 Å². The van der Waals surface area contributed by atoms with Crippen molar-refractivity contribution in [1.82, 2.24) is 15.0 Å². The molecule has 1 aliphatic rings. The number of rotatable bonds is 5. The highest BCUT2D eigenvalue weighted by molar-refractivity contribution is 5.37. The first-order valence-electron chi connectivity index (χ1n) is 7.87. The van der Waals surface area contributed by atoms with E-state index in [1.54, 1.807) is 0 Å². The van der Waals surface area contributed by atoms with Gasteiger partial charge in [-0.3, -0.25) is 4.98 Å². The van der Waals surface area contributed by atoms with Crippen molar-refractivity contribution < 1.29 is 0 Å². The van der Waals surface area contributed by atoms with Crippen LogP contribution in [0.15, 0.2) is 30.5 Å². The van der Waals surface area contributed by atoms with Gasteiger partial charge in [0.15, 0.2) is 0 Å². The summed E-state index contributed by atoms with van der Waals surface area (Å²) in [6.07, 6.45) is 7.67. The molecule has 3 rings (SSSR count). The van der Waals surface area contributed by atoms with Gasteiger partial charge < -0.3 is 5.32 Å². The average Bonchev–Trinajstić information content (AvgIpc) is 3.03. The molecule has 1 saturated carbocycles. The molecule has 4 heteroatoms. The summed E-state index contributed by atoms with van der Waals surface area (Å²) in [5, 5.41) is 3.33. The van der Waals surface area contributed by atoms with Crippen LogP contribution in [0.1, 0.15) is 55.7 Å². The van der Waals surface area contributed by atoms with Gasteiger partial charge in [-0.25, -0.2) is 9.97 Å². The van der Waals surface area contributed by atoms with Crippen LogP contribution in [0.2, 0.25) is 0 Å². The molecule has 110 valence electrons.